The monoisotopic (exact) mass is 252 g/mol. The van der Waals surface area contributed by atoms with E-state index in [4.69, 9.17) is 0 Å². The fourth-order valence-corrected chi connectivity index (χ4v) is 1.93. The number of rotatable bonds is 5. The molecule has 1 aromatic rings. The summed E-state index contributed by atoms with van der Waals surface area (Å²) in [6.07, 6.45) is 0.878. The molecule has 1 heterocycles. The molecule has 0 bridgehead atoms. The quantitative estimate of drug-likeness (QED) is 0.752. The van der Waals surface area contributed by atoms with E-state index >= 15 is 0 Å². The lowest BCUT2D eigenvalue weighted by atomic mass is 9.88. The van der Waals surface area contributed by atoms with Crippen molar-refractivity contribution in [2.75, 3.05) is 6.54 Å². The third-order valence-electron chi connectivity index (χ3n) is 3.66. The molecule has 4 nitrogen and oxygen atoms in total. The molecule has 1 aromatic heterocycles. The maximum Gasteiger partial charge on any atom is 0.268 e. The zero-order chi connectivity index (χ0) is 13.9. The number of hydrogen-bond acceptors (Lipinski definition) is 2. The minimum absolute atomic E-state index is 0.143. The van der Waals surface area contributed by atoms with Gasteiger partial charge in [-0.15, -0.1) is 0 Å². The molecule has 0 saturated carbocycles. The first-order valence-electron chi connectivity index (χ1n) is 6.44. The predicted molar refractivity (Wildman–Crippen MR) is 72.7 cm³/mol. The Morgan fingerprint density at radius 3 is 2.61 bits per heavy atom. The molecule has 0 aliphatic carbocycles. The summed E-state index contributed by atoms with van der Waals surface area (Å²) in [5.41, 5.74) is 1.59. The Hall–Kier alpha value is -1.29. The fourth-order valence-electron chi connectivity index (χ4n) is 1.93. The molecule has 1 rings (SSSR count). The van der Waals surface area contributed by atoms with E-state index in [2.05, 4.69) is 10.3 Å². The topological polar surface area (TPSA) is 65.1 Å². The van der Waals surface area contributed by atoms with Crippen LogP contribution in [0.3, 0.4) is 0 Å². The van der Waals surface area contributed by atoms with Gasteiger partial charge < -0.3 is 15.4 Å². The van der Waals surface area contributed by atoms with Crippen molar-refractivity contribution in [1.82, 2.24) is 10.3 Å². The zero-order valence-corrected chi connectivity index (χ0v) is 11.9. The minimum atomic E-state index is -0.875. The van der Waals surface area contributed by atoms with Gasteiger partial charge in [0.05, 0.1) is 5.60 Å². The number of carbonyl (C=O) groups excluding carboxylic acids is 1. The predicted octanol–water partition coefficient (Wildman–Crippen LogP) is 2.16. The van der Waals surface area contributed by atoms with Gasteiger partial charge in [-0.3, -0.25) is 4.79 Å². The van der Waals surface area contributed by atoms with Crippen LogP contribution in [0.5, 0.6) is 0 Å². The van der Waals surface area contributed by atoms with Gasteiger partial charge in [0, 0.05) is 12.2 Å². The molecule has 102 valence electrons. The number of H-pyrrole nitrogens is 1. The second-order valence-corrected chi connectivity index (χ2v) is 5.36. The Kier molecular flexibility index (Phi) is 4.57. The molecule has 18 heavy (non-hydrogen) atoms. The summed E-state index contributed by atoms with van der Waals surface area (Å²) in [4.78, 5) is 15.0. The van der Waals surface area contributed by atoms with Crippen molar-refractivity contribution in [2.24, 2.45) is 5.92 Å². The van der Waals surface area contributed by atoms with Gasteiger partial charge in [-0.1, -0.05) is 20.3 Å². The molecule has 0 aromatic carbocycles. The van der Waals surface area contributed by atoms with Gasteiger partial charge in [0.15, 0.2) is 0 Å². The summed E-state index contributed by atoms with van der Waals surface area (Å²) in [6, 6.07) is 1.93. The van der Waals surface area contributed by atoms with E-state index in [0.717, 1.165) is 17.7 Å². The summed E-state index contributed by atoms with van der Waals surface area (Å²) in [7, 11) is 0. The van der Waals surface area contributed by atoms with Crippen LogP contribution in [0.25, 0.3) is 0 Å². The Morgan fingerprint density at radius 1 is 1.56 bits per heavy atom. The first-order chi connectivity index (χ1) is 8.27. The second kappa shape index (κ2) is 5.57. The van der Waals surface area contributed by atoms with E-state index < -0.39 is 5.60 Å². The summed E-state index contributed by atoms with van der Waals surface area (Å²) >= 11 is 0. The molecule has 4 heteroatoms. The average molecular weight is 252 g/mol. The highest BCUT2D eigenvalue weighted by molar-refractivity contribution is 5.94. The summed E-state index contributed by atoms with van der Waals surface area (Å²) < 4.78 is 0. The molecule has 0 saturated heterocycles. The van der Waals surface area contributed by atoms with Gasteiger partial charge in [0.25, 0.3) is 5.91 Å². The van der Waals surface area contributed by atoms with Gasteiger partial charge in [-0.05, 0) is 38.3 Å². The third kappa shape index (κ3) is 3.35. The van der Waals surface area contributed by atoms with Crippen molar-refractivity contribution in [3.05, 3.63) is 23.0 Å². The molecule has 0 spiro atoms. The van der Waals surface area contributed by atoms with Gasteiger partial charge in [0.2, 0.25) is 0 Å². The molecular weight excluding hydrogens is 228 g/mol. The van der Waals surface area contributed by atoms with E-state index in [1.165, 1.54) is 0 Å². The van der Waals surface area contributed by atoms with E-state index in [0.29, 0.717) is 5.69 Å². The number of hydrogen-bond donors (Lipinski definition) is 3. The van der Waals surface area contributed by atoms with E-state index in [-0.39, 0.29) is 18.4 Å². The van der Waals surface area contributed by atoms with Crippen molar-refractivity contribution in [3.63, 3.8) is 0 Å². The Labute approximate surface area is 109 Å². The van der Waals surface area contributed by atoms with Crippen molar-refractivity contribution < 1.29 is 9.90 Å². The number of aromatic nitrogens is 1. The van der Waals surface area contributed by atoms with E-state index in [1.54, 1.807) is 6.92 Å². The minimum Gasteiger partial charge on any atom is -0.388 e. The maximum atomic E-state index is 12.0. The fraction of sp³-hybridized carbons (Fsp3) is 0.643. The SMILES string of the molecule is CCC(C)C(C)(O)CNC(=O)c1[nH]c(C)cc1C. The number of amides is 1. The van der Waals surface area contributed by atoms with Gasteiger partial charge in [0.1, 0.15) is 5.69 Å². The van der Waals surface area contributed by atoms with Crippen LogP contribution >= 0.6 is 0 Å². The summed E-state index contributed by atoms with van der Waals surface area (Å²) in [6.45, 7) is 9.84. The molecule has 2 unspecified atom stereocenters. The molecule has 0 aliphatic rings. The van der Waals surface area contributed by atoms with Crippen LogP contribution in [0.2, 0.25) is 0 Å². The standard InChI is InChI=1S/C14H24N2O2/c1-6-10(3)14(5,18)8-15-13(17)12-9(2)7-11(4)16-12/h7,10,16,18H,6,8H2,1-5H3,(H,15,17). The normalized spacial score (nSPS) is 16.1. The summed E-state index contributed by atoms with van der Waals surface area (Å²) in [5.74, 6) is -0.0200. The molecule has 1 amide bonds. The van der Waals surface area contributed by atoms with Gasteiger partial charge >= 0.3 is 0 Å². The molecule has 0 aliphatic heterocycles. The smallest absolute Gasteiger partial charge is 0.268 e. The van der Waals surface area contributed by atoms with Crippen LogP contribution < -0.4 is 5.32 Å². The molecular formula is C14H24N2O2. The molecule has 3 N–H and O–H groups in total. The van der Waals surface area contributed by atoms with Crippen molar-refractivity contribution in [2.45, 2.75) is 46.6 Å². The van der Waals surface area contributed by atoms with Crippen molar-refractivity contribution in [3.8, 4) is 0 Å². The van der Waals surface area contributed by atoms with Gasteiger partial charge in [-0.25, -0.2) is 0 Å². The van der Waals surface area contributed by atoms with Crippen LogP contribution in [0.1, 0.15) is 48.9 Å². The lowest BCUT2D eigenvalue weighted by Gasteiger charge is -2.29. The average Bonchev–Trinajstić information content (AvgIpc) is 2.64. The number of carbonyl (C=O) groups is 1. The highest BCUT2D eigenvalue weighted by Gasteiger charge is 2.27. The van der Waals surface area contributed by atoms with E-state index in [9.17, 15) is 9.90 Å². The number of aryl methyl sites for hydroxylation is 2. The van der Waals surface area contributed by atoms with Crippen LogP contribution in [-0.2, 0) is 0 Å². The van der Waals surface area contributed by atoms with Crippen LogP contribution in [-0.4, -0.2) is 28.1 Å². The van der Waals surface area contributed by atoms with Crippen LogP contribution in [0.15, 0.2) is 6.07 Å². The second-order valence-electron chi connectivity index (χ2n) is 5.36. The first-order valence-corrected chi connectivity index (χ1v) is 6.44. The number of aliphatic hydroxyl groups is 1. The lowest BCUT2D eigenvalue weighted by molar-refractivity contribution is 0.00588. The highest BCUT2D eigenvalue weighted by Crippen LogP contribution is 2.19. The zero-order valence-electron chi connectivity index (χ0n) is 11.9. The lowest BCUT2D eigenvalue weighted by Crippen LogP contribution is -2.45. The largest absolute Gasteiger partial charge is 0.388 e. The van der Waals surface area contributed by atoms with Crippen LogP contribution in [0.4, 0.5) is 0 Å². The molecule has 0 radical (unpaired) electrons. The number of nitrogens with one attached hydrogen (secondary N) is 2. The maximum absolute atomic E-state index is 12.0. The third-order valence-corrected chi connectivity index (χ3v) is 3.66. The Balaban J connectivity index is 2.64. The van der Waals surface area contributed by atoms with E-state index in [1.807, 2.05) is 33.8 Å². The van der Waals surface area contributed by atoms with Gasteiger partial charge in [-0.2, -0.15) is 0 Å². The molecule has 0 fully saturated rings. The summed E-state index contributed by atoms with van der Waals surface area (Å²) in [5, 5.41) is 13.0. The first kappa shape index (κ1) is 14.8. The highest BCUT2D eigenvalue weighted by atomic mass is 16.3. The van der Waals surface area contributed by atoms with Crippen molar-refractivity contribution in [1.29, 1.82) is 0 Å². The van der Waals surface area contributed by atoms with Crippen molar-refractivity contribution >= 4 is 5.91 Å². The Bertz CT molecular complexity index is 421. The Morgan fingerprint density at radius 2 is 2.17 bits per heavy atom. The van der Waals surface area contributed by atoms with Crippen LogP contribution in [0, 0.1) is 19.8 Å². The number of aromatic amines is 1. The molecule has 2 atom stereocenters.